The maximum absolute atomic E-state index is 4.32. The number of nitrogens with zero attached hydrogens (tertiary/aromatic N) is 1. The molecule has 3 heterocycles. The van der Waals surface area contributed by atoms with E-state index < -0.39 is 0 Å². The van der Waals surface area contributed by atoms with Crippen molar-refractivity contribution in [3.8, 4) is 10.6 Å². The lowest BCUT2D eigenvalue weighted by Crippen LogP contribution is -2.22. The van der Waals surface area contributed by atoms with Crippen LogP contribution in [-0.4, -0.2) is 29.3 Å². The summed E-state index contributed by atoms with van der Waals surface area (Å²) in [7, 11) is 0. The van der Waals surface area contributed by atoms with Gasteiger partial charge in [0.2, 0.25) is 0 Å². The van der Waals surface area contributed by atoms with Crippen molar-refractivity contribution in [2.45, 2.75) is 19.4 Å². The summed E-state index contributed by atoms with van der Waals surface area (Å²) < 4.78 is 0. The second kappa shape index (κ2) is 4.50. The monoisotopic (exact) mass is 248 g/mol. The number of hydrogen-bond acceptors (Lipinski definition) is 4. The molecule has 3 N–H and O–H groups in total. The molecular weight excluding hydrogens is 232 g/mol. The van der Waals surface area contributed by atoms with Crippen LogP contribution < -0.4 is 10.6 Å². The Labute approximate surface area is 104 Å². The summed E-state index contributed by atoms with van der Waals surface area (Å²) in [4.78, 5) is 1.27. The van der Waals surface area contributed by atoms with Gasteiger partial charge in [-0.2, -0.15) is 5.10 Å². The van der Waals surface area contributed by atoms with E-state index in [2.05, 4.69) is 45.3 Å². The van der Waals surface area contributed by atoms with Gasteiger partial charge in [0, 0.05) is 18.7 Å². The van der Waals surface area contributed by atoms with Gasteiger partial charge in [-0.05, 0) is 36.9 Å². The fourth-order valence-corrected chi connectivity index (χ4v) is 3.04. The summed E-state index contributed by atoms with van der Waals surface area (Å²) >= 11 is 1.75. The van der Waals surface area contributed by atoms with Gasteiger partial charge in [0.05, 0.1) is 10.6 Å². The van der Waals surface area contributed by atoms with Gasteiger partial charge in [-0.1, -0.05) is 0 Å². The molecule has 0 aromatic carbocycles. The molecule has 17 heavy (non-hydrogen) atoms. The van der Waals surface area contributed by atoms with E-state index in [-0.39, 0.29) is 0 Å². The number of anilines is 1. The van der Waals surface area contributed by atoms with Crippen molar-refractivity contribution in [2.75, 3.05) is 18.4 Å². The number of hydrogen-bond donors (Lipinski definition) is 3. The van der Waals surface area contributed by atoms with Crippen LogP contribution in [0.3, 0.4) is 0 Å². The highest BCUT2D eigenvalue weighted by atomic mass is 32.1. The molecule has 1 saturated heterocycles. The first-order chi connectivity index (χ1) is 8.33. The number of nitrogens with one attached hydrogen (secondary N) is 3. The molecule has 1 fully saturated rings. The Kier molecular flexibility index (Phi) is 2.86. The number of H-pyrrole nitrogens is 1. The summed E-state index contributed by atoms with van der Waals surface area (Å²) in [5, 5.41) is 16.3. The third-order valence-electron chi connectivity index (χ3n) is 3.10. The summed E-state index contributed by atoms with van der Waals surface area (Å²) in [6, 6.07) is 4.74. The number of rotatable bonds is 3. The quantitative estimate of drug-likeness (QED) is 0.780. The van der Waals surface area contributed by atoms with Gasteiger partial charge in [0.15, 0.2) is 0 Å². The van der Waals surface area contributed by atoms with Crippen molar-refractivity contribution in [3.63, 3.8) is 0 Å². The zero-order valence-electron chi connectivity index (χ0n) is 9.79. The van der Waals surface area contributed by atoms with Gasteiger partial charge in [-0.25, -0.2) is 0 Å². The smallest absolute Gasteiger partial charge is 0.148 e. The molecule has 4 nitrogen and oxygen atoms in total. The third-order valence-corrected chi connectivity index (χ3v) is 4.15. The van der Waals surface area contributed by atoms with Crippen LogP contribution in [-0.2, 0) is 0 Å². The van der Waals surface area contributed by atoms with E-state index >= 15 is 0 Å². The highest BCUT2D eigenvalue weighted by Gasteiger charge is 2.15. The van der Waals surface area contributed by atoms with Crippen LogP contribution in [0.4, 0.5) is 5.82 Å². The predicted molar refractivity (Wildman–Crippen MR) is 71.5 cm³/mol. The SMILES string of the molecule is Cc1ccsc1-c1cc(NC2CCNC2)n[nH]1. The van der Waals surface area contributed by atoms with Crippen LogP contribution in [0.5, 0.6) is 0 Å². The maximum Gasteiger partial charge on any atom is 0.148 e. The topological polar surface area (TPSA) is 52.7 Å². The molecule has 0 radical (unpaired) electrons. The molecule has 1 atom stereocenters. The van der Waals surface area contributed by atoms with E-state index in [1.54, 1.807) is 11.3 Å². The Bertz CT molecular complexity index is 496. The molecule has 0 amide bonds. The van der Waals surface area contributed by atoms with E-state index in [9.17, 15) is 0 Å². The van der Waals surface area contributed by atoms with Gasteiger partial charge in [-0.15, -0.1) is 11.3 Å². The fraction of sp³-hybridized carbons (Fsp3) is 0.417. The normalized spacial score (nSPS) is 19.7. The first-order valence-corrected chi connectivity index (χ1v) is 6.78. The molecule has 1 aliphatic rings. The predicted octanol–water partition coefficient (Wildman–Crippen LogP) is 2.22. The Morgan fingerprint density at radius 1 is 1.53 bits per heavy atom. The van der Waals surface area contributed by atoms with E-state index in [0.717, 1.165) is 24.6 Å². The Balaban J connectivity index is 1.76. The molecule has 0 bridgehead atoms. The van der Waals surface area contributed by atoms with Gasteiger partial charge < -0.3 is 10.6 Å². The molecule has 2 aromatic rings. The lowest BCUT2D eigenvalue weighted by molar-refractivity contribution is 0.786. The minimum atomic E-state index is 0.510. The molecular formula is C12H16N4S. The number of aromatic nitrogens is 2. The minimum Gasteiger partial charge on any atom is -0.365 e. The number of aryl methyl sites for hydroxylation is 1. The second-order valence-electron chi connectivity index (χ2n) is 4.43. The van der Waals surface area contributed by atoms with E-state index in [1.165, 1.54) is 16.9 Å². The first kappa shape index (κ1) is 10.8. The zero-order valence-corrected chi connectivity index (χ0v) is 10.6. The molecule has 0 saturated carbocycles. The molecule has 0 aliphatic carbocycles. The van der Waals surface area contributed by atoms with Crippen molar-refractivity contribution >= 4 is 17.2 Å². The fourth-order valence-electron chi connectivity index (χ4n) is 2.15. The third kappa shape index (κ3) is 2.21. The van der Waals surface area contributed by atoms with Crippen LogP contribution >= 0.6 is 11.3 Å². The highest BCUT2D eigenvalue weighted by molar-refractivity contribution is 7.13. The van der Waals surface area contributed by atoms with Crippen molar-refractivity contribution in [1.29, 1.82) is 0 Å². The lowest BCUT2D eigenvalue weighted by atomic mass is 10.2. The summed E-state index contributed by atoms with van der Waals surface area (Å²) in [6.07, 6.45) is 1.17. The highest BCUT2D eigenvalue weighted by Crippen LogP contribution is 2.28. The Morgan fingerprint density at radius 2 is 2.47 bits per heavy atom. The van der Waals surface area contributed by atoms with Crippen LogP contribution in [0, 0.1) is 6.92 Å². The summed E-state index contributed by atoms with van der Waals surface area (Å²) in [5.74, 6) is 0.946. The Morgan fingerprint density at radius 3 is 3.18 bits per heavy atom. The molecule has 2 aromatic heterocycles. The van der Waals surface area contributed by atoms with Gasteiger partial charge >= 0.3 is 0 Å². The average molecular weight is 248 g/mol. The number of aromatic amines is 1. The minimum absolute atomic E-state index is 0.510. The van der Waals surface area contributed by atoms with Crippen molar-refractivity contribution in [2.24, 2.45) is 0 Å². The molecule has 3 rings (SSSR count). The van der Waals surface area contributed by atoms with Crippen LogP contribution in [0.25, 0.3) is 10.6 Å². The molecule has 1 aliphatic heterocycles. The van der Waals surface area contributed by atoms with Crippen LogP contribution in [0.15, 0.2) is 17.5 Å². The molecule has 5 heteroatoms. The van der Waals surface area contributed by atoms with Gasteiger partial charge in [-0.3, -0.25) is 5.10 Å². The van der Waals surface area contributed by atoms with E-state index in [0.29, 0.717) is 6.04 Å². The van der Waals surface area contributed by atoms with Gasteiger partial charge in [0.25, 0.3) is 0 Å². The van der Waals surface area contributed by atoms with Crippen molar-refractivity contribution in [3.05, 3.63) is 23.1 Å². The average Bonchev–Trinajstić information content (AvgIpc) is 3.00. The lowest BCUT2D eigenvalue weighted by Gasteiger charge is -2.08. The zero-order chi connectivity index (χ0) is 11.7. The van der Waals surface area contributed by atoms with Crippen LogP contribution in [0.1, 0.15) is 12.0 Å². The summed E-state index contributed by atoms with van der Waals surface area (Å²) in [6.45, 7) is 4.25. The van der Waals surface area contributed by atoms with Crippen molar-refractivity contribution < 1.29 is 0 Å². The largest absolute Gasteiger partial charge is 0.365 e. The number of thiophene rings is 1. The van der Waals surface area contributed by atoms with E-state index in [1.807, 2.05) is 0 Å². The second-order valence-corrected chi connectivity index (χ2v) is 5.35. The van der Waals surface area contributed by atoms with Gasteiger partial charge in [0.1, 0.15) is 5.82 Å². The maximum atomic E-state index is 4.32. The molecule has 0 spiro atoms. The standard InChI is InChI=1S/C12H16N4S/c1-8-3-5-17-12(8)10-6-11(16-15-10)14-9-2-4-13-7-9/h3,5-6,9,13H,2,4,7H2,1H3,(H2,14,15,16). The van der Waals surface area contributed by atoms with E-state index in [4.69, 9.17) is 0 Å². The Hall–Kier alpha value is -1.33. The molecule has 90 valence electrons. The first-order valence-electron chi connectivity index (χ1n) is 5.90. The van der Waals surface area contributed by atoms with Crippen LogP contribution in [0.2, 0.25) is 0 Å². The summed E-state index contributed by atoms with van der Waals surface area (Å²) in [5.41, 5.74) is 2.40. The van der Waals surface area contributed by atoms with Crippen molar-refractivity contribution in [1.82, 2.24) is 15.5 Å². The molecule has 1 unspecified atom stereocenters.